The number of pyridine rings is 1. The highest BCUT2D eigenvalue weighted by Gasteiger charge is 2.23. The summed E-state index contributed by atoms with van der Waals surface area (Å²) in [5, 5.41) is 8.07. The van der Waals surface area contributed by atoms with Crippen molar-refractivity contribution >= 4 is 23.0 Å². The van der Waals surface area contributed by atoms with Crippen molar-refractivity contribution in [3.63, 3.8) is 0 Å². The first-order valence-corrected chi connectivity index (χ1v) is 6.87. The van der Waals surface area contributed by atoms with Crippen molar-refractivity contribution in [3.8, 4) is 0 Å². The van der Waals surface area contributed by atoms with Crippen LogP contribution in [0.25, 0.3) is 0 Å². The van der Waals surface area contributed by atoms with Crippen LogP contribution in [-0.4, -0.2) is 31.3 Å². The first-order chi connectivity index (χ1) is 9.56. The van der Waals surface area contributed by atoms with E-state index in [0.717, 1.165) is 41.6 Å². The maximum absolute atomic E-state index is 5.88. The van der Waals surface area contributed by atoms with E-state index in [1.165, 1.54) is 0 Å². The van der Waals surface area contributed by atoms with Gasteiger partial charge in [0.1, 0.15) is 17.1 Å². The minimum atomic E-state index is 0.386. The minimum Gasteiger partial charge on any atom is -0.389 e. The minimum absolute atomic E-state index is 0.386. The van der Waals surface area contributed by atoms with Gasteiger partial charge in [0.25, 0.3) is 0 Å². The number of anilines is 1. The second-order valence-electron chi connectivity index (χ2n) is 5.01. The normalized spacial score (nSPS) is 14.2. The molecule has 0 aromatic carbocycles. The molecule has 0 unspecified atom stereocenters. The zero-order valence-electron chi connectivity index (χ0n) is 11.5. The van der Waals surface area contributed by atoms with E-state index in [-0.39, 0.29) is 0 Å². The lowest BCUT2D eigenvalue weighted by Crippen LogP contribution is -2.36. The maximum Gasteiger partial charge on any atom is 0.152 e. The van der Waals surface area contributed by atoms with Crippen LogP contribution in [0.4, 0.5) is 5.82 Å². The molecule has 0 amide bonds. The lowest BCUT2D eigenvalue weighted by molar-refractivity contribution is 0.555. The molecule has 0 fully saturated rings. The number of rotatable bonds is 2. The first kappa shape index (κ1) is 13.0. The van der Waals surface area contributed by atoms with Gasteiger partial charge >= 0.3 is 0 Å². The molecule has 7 heteroatoms. The molecule has 1 aliphatic heterocycles. The van der Waals surface area contributed by atoms with E-state index in [2.05, 4.69) is 24.6 Å². The molecule has 3 heterocycles. The van der Waals surface area contributed by atoms with Crippen LogP contribution in [0.5, 0.6) is 0 Å². The Kier molecular flexibility index (Phi) is 3.13. The van der Waals surface area contributed by atoms with Crippen molar-refractivity contribution in [1.82, 2.24) is 19.7 Å². The van der Waals surface area contributed by atoms with Crippen LogP contribution in [-0.2, 0) is 13.1 Å². The molecule has 2 aromatic rings. The molecular formula is C13H16N6S. The number of aromatic nitrogens is 4. The van der Waals surface area contributed by atoms with Crippen LogP contribution in [0.15, 0.2) is 12.4 Å². The van der Waals surface area contributed by atoms with E-state index < -0.39 is 0 Å². The Hall–Kier alpha value is -2.02. The Morgan fingerprint density at radius 3 is 2.90 bits per heavy atom. The summed E-state index contributed by atoms with van der Waals surface area (Å²) in [4.78, 5) is 7.19. The van der Waals surface area contributed by atoms with Crippen molar-refractivity contribution < 1.29 is 0 Å². The summed E-state index contributed by atoms with van der Waals surface area (Å²) in [5.41, 5.74) is 8.76. The number of hydrogen-bond donors (Lipinski definition) is 1. The third-order valence-corrected chi connectivity index (χ3v) is 3.71. The maximum atomic E-state index is 5.88. The molecule has 20 heavy (non-hydrogen) atoms. The number of thiocarbonyl (C=S) groups is 1. The van der Waals surface area contributed by atoms with Gasteiger partial charge in [-0.3, -0.25) is 0 Å². The van der Waals surface area contributed by atoms with Crippen LogP contribution < -0.4 is 10.6 Å². The molecule has 0 bridgehead atoms. The second kappa shape index (κ2) is 4.82. The molecule has 0 radical (unpaired) electrons. The zero-order valence-corrected chi connectivity index (χ0v) is 12.3. The number of hydrogen-bond acceptors (Lipinski definition) is 5. The van der Waals surface area contributed by atoms with Crippen molar-refractivity contribution in [2.24, 2.45) is 5.73 Å². The van der Waals surface area contributed by atoms with Gasteiger partial charge in [-0.25, -0.2) is 4.98 Å². The molecule has 3 rings (SSSR count). The number of fused-ring (bicyclic) bond motifs is 1. The topological polar surface area (TPSA) is 72.9 Å². The SMILES string of the molecule is Cc1cc(C)c(C(N)=S)c(N2CCn3cnnc3C2)n1. The Labute approximate surface area is 122 Å². The summed E-state index contributed by atoms with van der Waals surface area (Å²) in [6, 6.07) is 2.00. The Morgan fingerprint density at radius 2 is 2.15 bits per heavy atom. The predicted octanol–water partition coefficient (Wildman–Crippen LogP) is 0.944. The van der Waals surface area contributed by atoms with Crippen molar-refractivity contribution in [2.75, 3.05) is 11.4 Å². The highest BCUT2D eigenvalue weighted by atomic mass is 32.1. The van der Waals surface area contributed by atoms with Gasteiger partial charge < -0.3 is 15.2 Å². The van der Waals surface area contributed by atoms with Gasteiger partial charge in [0.05, 0.1) is 12.1 Å². The fraction of sp³-hybridized carbons (Fsp3) is 0.385. The smallest absolute Gasteiger partial charge is 0.152 e. The number of nitrogens with zero attached hydrogens (tertiary/aromatic N) is 5. The molecule has 6 nitrogen and oxygen atoms in total. The van der Waals surface area contributed by atoms with E-state index in [0.29, 0.717) is 11.5 Å². The van der Waals surface area contributed by atoms with Crippen LogP contribution in [0.3, 0.4) is 0 Å². The van der Waals surface area contributed by atoms with Crippen LogP contribution in [0, 0.1) is 13.8 Å². The molecular weight excluding hydrogens is 272 g/mol. The zero-order chi connectivity index (χ0) is 14.3. The highest BCUT2D eigenvalue weighted by molar-refractivity contribution is 7.80. The molecule has 104 valence electrons. The third-order valence-electron chi connectivity index (χ3n) is 3.51. The average molecular weight is 288 g/mol. The molecule has 0 saturated heterocycles. The van der Waals surface area contributed by atoms with Gasteiger partial charge in [-0.05, 0) is 25.5 Å². The fourth-order valence-corrected chi connectivity index (χ4v) is 2.85. The summed E-state index contributed by atoms with van der Waals surface area (Å²) in [7, 11) is 0. The van der Waals surface area contributed by atoms with E-state index in [1.54, 1.807) is 6.33 Å². The molecule has 0 saturated carbocycles. The average Bonchev–Trinajstić information content (AvgIpc) is 2.84. The summed E-state index contributed by atoms with van der Waals surface area (Å²) in [6.45, 7) is 6.35. The summed E-state index contributed by atoms with van der Waals surface area (Å²) >= 11 is 5.19. The van der Waals surface area contributed by atoms with Crippen LogP contribution in [0.1, 0.15) is 22.6 Å². The standard InChI is InChI=1S/C13H16N6S/c1-8-5-9(2)16-13(11(8)12(14)20)18-3-4-19-7-15-17-10(19)6-18/h5,7H,3-4,6H2,1-2H3,(H2,14,20). The summed E-state index contributed by atoms with van der Waals surface area (Å²) < 4.78 is 2.06. The lowest BCUT2D eigenvalue weighted by atomic mass is 10.1. The Morgan fingerprint density at radius 1 is 1.35 bits per heavy atom. The van der Waals surface area contributed by atoms with Crippen LogP contribution >= 0.6 is 12.2 Å². The lowest BCUT2D eigenvalue weighted by Gasteiger charge is -2.30. The largest absolute Gasteiger partial charge is 0.389 e. The molecule has 0 spiro atoms. The molecule has 0 aliphatic carbocycles. The van der Waals surface area contributed by atoms with Gasteiger partial charge in [-0.2, -0.15) is 0 Å². The van der Waals surface area contributed by atoms with Gasteiger partial charge in [0.15, 0.2) is 5.82 Å². The molecule has 1 aliphatic rings. The second-order valence-corrected chi connectivity index (χ2v) is 5.45. The predicted molar refractivity (Wildman–Crippen MR) is 80.7 cm³/mol. The van der Waals surface area contributed by atoms with Crippen molar-refractivity contribution in [2.45, 2.75) is 26.9 Å². The molecule has 0 atom stereocenters. The monoisotopic (exact) mass is 288 g/mol. The first-order valence-electron chi connectivity index (χ1n) is 6.46. The number of aryl methyl sites for hydroxylation is 2. The van der Waals surface area contributed by atoms with E-state index in [9.17, 15) is 0 Å². The quantitative estimate of drug-likeness (QED) is 0.829. The highest BCUT2D eigenvalue weighted by Crippen LogP contribution is 2.25. The third kappa shape index (κ3) is 2.14. The summed E-state index contributed by atoms with van der Waals surface area (Å²) in [5.74, 6) is 1.79. The molecule has 2 aromatic heterocycles. The van der Waals surface area contributed by atoms with E-state index in [1.807, 2.05) is 19.9 Å². The van der Waals surface area contributed by atoms with E-state index >= 15 is 0 Å². The van der Waals surface area contributed by atoms with E-state index in [4.69, 9.17) is 18.0 Å². The van der Waals surface area contributed by atoms with Crippen molar-refractivity contribution in [1.29, 1.82) is 0 Å². The van der Waals surface area contributed by atoms with Gasteiger partial charge in [-0.15, -0.1) is 10.2 Å². The van der Waals surface area contributed by atoms with Gasteiger partial charge in [0.2, 0.25) is 0 Å². The summed E-state index contributed by atoms with van der Waals surface area (Å²) in [6.07, 6.45) is 1.76. The van der Waals surface area contributed by atoms with Crippen LogP contribution in [0.2, 0.25) is 0 Å². The van der Waals surface area contributed by atoms with Gasteiger partial charge in [0, 0.05) is 18.8 Å². The number of nitrogens with two attached hydrogens (primary N) is 1. The van der Waals surface area contributed by atoms with Gasteiger partial charge in [-0.1, -0.05) is 12.2 Å². The Bertz CT molecular complexity index is 677. The fourth-order valence-electron chi connectivity index (χ4n) is 2.60. The van der Waals surface area contributed by atoms with Crippen molar-refractivity contribution in [3.05, 3.63) is 35.0 Å². The molecule has 2 N–H and O–H groups in total. The Balaban J connectivity index is 2.05.